The zero-order valence-electron chi connectivity index (χ0n) is 9.41. The summed E-state index contributed by atoms with van der Waals surface area (Å²) in [5.74, 6) is 0.820. The minimum absolute atomic E-state index is 0.303. The topological polar surface area (TPSA) is 32.3 Å². The number of rotatable bonds is 0. The fraction of sp³-hybridized carbons (Fsp3) is 0.917. The number of carbonyl (C=O) groups excluding carboxylic acids is 1. The Balaban J connectivity index is 1.83. The Morgan fingerprint density at radius 1 is 1.33 bits per heavy atom. The molecule has 0 aliphatic carbocycles. The smallest absolute Gasteiger partial charge is 0.140 e. The van der Waals surface area contributed by atoms with Crippen LogP contribution in [0.15, 0.2) is 0 Å². The van der Waals surface area contributed by atoms with Gasteiger partial charge in [-0.3, -0.25) is 9.69 Å². The number of hydrogen-bond donors (Lipinski definition) is 1. The monoisotopic (exact) mass is 208 g/mol. The van der Waals surface area contributed by atoms with Crippen LogP contribution in [0, 0.1) is 5.92 Å². The number of hydrogen-bond acceptors (Lipinski definition) is 3. The summed E-state index contributed by atoms with van der Waals surface area (Å²) in [6.45, 7) is 4.55. The Morgan fingerprint density at radius 3 is 3.07 bits per heavy atom. The highest BCUT2D eigenvalue weighted by atomic mass is 16.1. The van der Waals surface area contributed by atoms with Crippen molar-refractivity contribution in [1.29, 1.82) is 0 Å². The van der Waals surface area contributed by atoms with E-state index in [4.69, 9.17) is 0 Å². The Hall–Kier alpha value is -0.410. The molecule has 4 unspecified atom stereocenters. The van der Waals surface area contributed by atoms with E-state index in [0.29, 0.717) is 29.8 Å². The molecule has 0 radical (unpaired) electrons. The lowest BCUT2D eigenvalue weighted by Gasteiger charge is -2.45. The number of ketones is 1. The molecule has 3 heteroatoms. The van der Waals surface area contributed by atoms with Crippen molar-refractivity contribution in [1.82, 2.24) is 10.2 Å². The molecule has 4 atom stereocenters. The molecule has 0 spiro atoms. The van der Waals surface area contributed by atoms with Crippen LogP contribution in [-0.2, 0) is 4.79 Å². The predicted octanol–water partition coefficient (Wildman–Crippen LogP) is 0.790. The average molecular weight is 208 g/mol. The highest BCUT2D eigenvalue weighted by Gasteiger charge is 2.46. The zero-order valence-corrected chi connectivity index (χ0v) is 9.41. The molecule has 3 rings (SSSR count). The standard InChI is InChI=1S/C12H20N2O/c1-8-7-11(15)12-9(13-8)4-6-14-5-2-3-10(12)14/h8-10,12-13H,2-7H2,1H3. The molecule has 0 aromatic heterocycles. The third-order valence-corrected chi connectivity index (χ3v) is 4.37. The number of carbonyl (C=O) groups is 1. The van der Waals surface area contributed by atoms with Crippen LogP contribution in [0.3, 0.4) is 0 Å². The van der Waals surface area contributed by atoms with Crippen molar-refractivity contribution >= 4 is 5.78 Å². The third-order valence-electron chi connectivity index (χ3n) is 4.37. The van der Waals surface area contributed by atoms with Gasteiger partial charge in [0.2, 0.25) is 0 Å². The molecule has 0 saturated carbocycles. The van der Waals surface area contributed by atoms with Gasteiger partial charge in [0.15, 0.2) is 0 Å². The molecule has 3 aliphatic rings. The van der Waals surface area contributed by atoms with E-state index in [1.807, 2.05) is 0 Å². The van der Waals surface area contributed by atoms with Crippen molar-refractivity contribution < 1.29 is 4.79 Å². The molecule has 1 N–H and O–H groups in total. The van der Waals surface area contributed by atoms with Crippen molar-refractivity contribution in [3.8, 4) is 0 Å². The Kier molecular flexibility index (Phi) is 2.33. The maximum atomic E-state index is 12.1. The fourth-order valence-electron chi connectivity index (χ4n) is 3.78. The van der Waals surface area contributed by atoms with Crippen molar-refractivity contribution in [3.63, 3.8) is 0 Å². The molecular weight excluding hydrogens is 188 g/mol. The van der Waals surface area contributed by atoms with Crippen LogP contribution >= 0.6 is 0 Å². The lowest BCUT2D eigenvalue weighted by molar-refractivity contribution is -0.130. The molecule has 3 fully saturated rings. The summed E-state index contributed by atoms with van der Waals surface area (Å²) in [5.41, 5.74) is 0. The van der Waals surface area contributed by atoms with Gasteiger partial charge in [-0.15, -0.1) is 0 Å². The third kappa shape index (κ3) is 1.53. The van der Waals surface area contributed by atoms with Gasteiger partial charge in [-0.05, 0) is 39.3 Å². The van der Waals surface area contributed by atoms with Gasteiger partial charge in [-0.1, -0.05) is 0 Å². The maximum absolute atomic E-state index is 12.1. The zero-order chi connectivity index (χ0) is 10.4. The number of fused-ring (bicyclic) bond motifs is 3. The molecule has 3 heterocycles. The summed E-state index contributed by atoms with van der Waals surface area (Å²) in [7, 11) is 0. The van der Waals surface area contributed by atoms with Gasteiger partial charge >= 0.3 is 0 Å². The highest BCUT2D eigenvalue weighted by molar-refractivity contribution is 5.84. The number of nitrogens with zero attached hydrogens (tertiary/aromatic N) is 1. The van der Waals surface area contributed by atoms with Gasteiger partial charge in [-0.25, -0.2) is 0 Å². The fourth-order valence-corrected chi connectivity index (χ4v) is 3.78. The van der Waals surface area contributed by atoms with Crippen LogP contribution in [-0.4, -0.2) is 41.9 Å². The molecular formula is C12H20N2O. The second-order valence-corrected chi connectivity index (χ2v) is 5.40. The second-order valence-electron chi connectivity index (χ2n) is 5.40. The van der Waals surface area contributed by atoms with E-state index in [1.54, 1.807) is 0 Å². The second kappa shape index (κ2) is 3.56. The van der Waals surface area contributed by atoms with Gasteiger partial charge in [-0.2, -0.15) is 0 Å². The van der Waals surface area contributed by atoms with Gasteiger partial charge < -0.3 is 5.32 Å². The SMILES string of the molecule is CC1CC(=O)C2C(CCN3CCCC23)N1. The van der Waals surface area contributed by atoms with E-state index < -0.39 is 0 Å². The Labute approximate surface area is 91.2 Å². The number of piperidine rings is 2. The van der Waals surface area contributed by atoms with Crippen LogP contribution in [0.4, 0.5) is 0 Å². The van der Waals surface area contributed by atoms with E-state index in [2.05, 4.69) is 17.1 Å². The number of Topliss-reactive ketones (excluding diaryl/α,β-unsaturated/α-hetero) is 1. The van der Waals surface area contributed by atoms with E-state index in [0.717, 1.165) is 12.8 Å². The van der Waals surface area contributed by atoms with E-state index >= 15 is 0 Å². The molecule has 15 heavy (non-hydrogen) atoms. The van der Waals surface area contributed by atoms with E-state index in [1.165, 1.54) is 25.9 Å². The molecule has 0 aromatic carbocycles. The van der Waals surface area contributed by atoms with Crippen LogP contribution in [0.25, 0.3) is 0 Å². The normalized spacial score (nSPS) is 46.3. The molecule has 0 aromatic rings. The Bertz CT molecular complexity index is 279. The van der Waals surface area contributed by atoms with E-state index in [-0.39, 0.29) is 0 Å². The van der Waals surface area contributed by atoms with Gasteiger partial charge in [0.1, 0.15) is 5.78 Å². The predicted molar refractivity (Wildman–Crippen MR) is 58.7 cm³/mol. The van der Waals surface area contributed by atoms with E-state index in [9.17, 15) is 4.79 Å². The van der Waals surface area contributed by atoms with Crippen molar-refractivity contribution in [2.75, 3.05) is 13.1 Å². The first kappa shape index (κ1) is 9.79. The minimum atomic E-state index is 0.303. The summed E-state index contributed by atoms with van der Waals surface area (Å²) in [5, 5.41) is 3.61. The summed E-state index contributed by atoms with van der Waals surface area (Å²) >= 11 is 0. The first-order valence-electron chi connectivity index (χ1n) is 6.28. The number of nitrogens with one attached hydrogen (secondary N) is 1. The van der Waals surface area contributed by atoms with Crippen LogP contribution in [0.5, 0.6) is 0 Å². The molecule has 3 nitrogen and oxygen atoms in total. The highest BCUT2D eigenvalue weighted by Crippen LogP contribution is 2.35. The lowest BCUT2D eigenvalue weighted by Crippen LogP contribution is -2.61. The summed E-state index contributed by atoms with van der Waals surface area (Å²) < 4.78 is 0. The van der Waals surface area contributed by atoms with Crippen molar-refractivity contribution in [2.24, 2.45) is 5.92 Å². The molecule has 0 bridgehead atoms. The molecule has 0 amide bonds. The minimum Gasteiger partial charge on any atom is -0.310 e. The quantitative estimate of drug-likeness (QED) is 0.639. The molecule has 84 valence electrons. The summed E-state index contributed by atoms with van der Waals surface area (Å²) in [6.07, 6.45) is 4.43. The van der Waals surface area contributed by atoms with Gasteiger partial charge in [0, 0.05) is 30.5 Å². The van der Waals surface area contributed by atoms with Crippen LogP contribution < -0.4 is 5.32 Å². The lowest BCUT2D eigenvalue weighted by atomic mass is 9.77. The van der Waals surface area contributed by atoms with Crippen molar-refractivity contribution in [3.05, 3.63) is 0 Å². The van der Waals surface area contributed by atoms with Crippen LogP contribution in [0.1, 0.15) is 32.6 Å². The summed E-state index contributed by atoms with van der Waals surface area (Å²) in [6, 6.07) is 1.43. The molecule has 3 saturated heterocycles. The first-order valence-corrected chi connectivity index (χ1v) is 6.28. The maximum Gasteiger partial charge on any atom is 0.140 e. The average Bonchev–Trinajstić information content (AvgIpc) is 2.63. The molecule has 3 aliphatic heterocycles. The van der Waals surface area contributed by atoms with Crippen LogP contribution in [0.2, 0.25) is 0 Å². The van der Waals surface area contributed by atoms with Gasteiger partial charge in [0.05, 0.1) is 0 Å². The van der Waals surface area contributed by atoms with Gasteiger partial charge in [0.25, 0.3) is 0 Å². The summed E-state index contributed by atoms with van der Waals surface area (Å²) in [4.78, 5) is 14.7. The van der Waals surface area contributed by atoms with Crippen molar-refractivity contribution in [2.45, 2.75) is 50.7 Å². The first-order chi connectivity index (χ1) is 7.25. The largest absolute Gasteiger partial charge is 0.310 e. The Morgan fingerprint density at radius 2 is 2.20 bits per heavy atom.